The van der Waals surface area contributed by atoms with E-state index in [2.05, 4.69) is 15.0 Å². The van der Waals surface area contributed by atoms with Crippen molar-refractivity contribution in [3.63, 3.8) is 0 Å². The zero-order valence-electron chi connectivity index (χ0n) is 13.8. The van der Waals surface area contributed by atoms with Crippen LogP contribution >= 0.6 is 0 Å². The van der Waals surface area contributed by atoms with Gasteiger partial charge < -0.3 is 14.3 Å². The van der Waals surface area contributed by atoms with Crippen molar-refractivity contribution in [1.29, 1.82) is 0 Å². The predicted octanol–water partition coefficient (Wildman–Crippen LogP) is 2.43. The first-order chi connectivity index (χ1) is 10.9. The van der Waals surface area contributed by atoms with Gasteiger partial charge in [-0.25, -0.2) is 0 Å². The third kappa shape index (κ3) is 3.36. The Balaban J connectivity index is 1.65. The summed E-state index contributed by atoms with van der Waals surface area (Å²) in [6.45, 7) is 8.66. The Labute approximate surface area is 136 Å². The van der Waals surface area contributed by atoms with Gasteiger partial charge in [0.15, 0.2) is 0 Å². The van der Waals surface area contributed by atoms with Crippen LogP contribution in [-0.4, -0.2) is 47.1 Å². The van der Waals surface area contributed by atoms with Gasteiger partial charge >= 0.3 is 0 Å². The number of carbonyl (C=O) groups excluding carboxylic acids is 1. The van der Waals surface area contributed by atoms with Crippen molar-refractivity contribution in [2.75, 3.05) is 31.1 Å². The van der Waals surface area contributed by atoms with Gasteiger partial charge in [-0.1, -0.05) is 39.0 Å². The van der Waals surface area contributed by atoms with E-state index in [1.165, 1.54) is 0 Å². The van der Waals surface area contributed by atoms with Gasteiger partial charge in [0, 0.05) is 37.2 Å². The van der Waals surface area contributed by atoms with Crippen LogP contribution in [0.25, 0.3) is 11.5 Å². The van der Waals surface area contributed by atoms with Gasteiger partial charge in [-0.3, -0.25) is 4.79 Å². The molecule has 0 N–H and O–H groups in total. The number of hydrogen-bond acceptors (Lipinski definition) is 5. The summed E-state index contributed by atoms with van der Waals surface area (Å²) in [5.74, 6) is 1.30. The standard InChI is InChI=1S/C17H22N4O2/c1-17(2,3)15(22)20-9-11-21(12-10-20)16-18-14(23-19-16)13-7-5-4-6-8-13/h4-8H,9-12H2,1-3H3. The second-order valence-corrected chi connectivity index (χ2v) is 6.79. The normalized spacial score (nSPS) is 15.8. The third-order valence-electron chi connectivity index (χ3n) is 3.93. The molecule has 0 radical (unpaired) electrons. The van der Waals surface area contributed by atoms with Crippen molar-refractivity contribution >= 4 is 11.9 Å². The smallest absolute Gasteiger partial charge is 0.266 e. The first-order valence-electron chi connectivity index (χ1n) is 7.88. The summed E-state index contributed by atoms with van der Waals surface area (Å²) in [7, 11) is 0. The lowest BCUT2D eigenvalue weighted by Gasteiger charge is -2.37. The lowest BCUT2D eigenvalue weighted by atomic mass is 9.94. The first kappa shape index (κ1) is 15.5. The van der Waals surface area contributed by atoms with Gasteiger partial charge in [0.2, 0.25) is 5.91 Å². The number of rotatable bonds is 2. The summed E-state index contributed by atoms with van der Waals surface area (Å²) in [5, 5.41) is 4.07. The van der Waals surface area contributed by atoms with Crippen LogP contribution in [0.4, 0.5) is 5.95 Å². The number of nitrogens with zero attached hydrogens (tertiary/aromatic N) is 4. The molecule has 0 saturated carbocycles. The minimum Gasteiger partial charge on any atom is -0.339 e. The van der Waals surface area contributed by atoms with E-state index in [1.54, 1.807) is 0 Å². The number of hydrogen-bond donors (Lipinski definition) is 0. The van der Waals surface area contributed by atoms with E-state index in [1.807, 2.05) is 56.0 Å². The minimum absolute atomic E-state index is 0.190. The number of amides is 1. The Morgan fingerprint density at radius 3 is 2.35 bits per heavy atom. The second kappa shape index (κ2) is 6.02. The van der Waals surface area contributed by atoms with Crippen LogP contribution in [0, 0.1) is 5.41 Å². The summed E-state index contributed by atoms with van der Waals surface area (Å²) in [6.07, 6.45) is 0. The Bertz CT molecular complexity index is 667. The average Bonchev–Trinajstić information content (AvgIpc) is 3.04. The monoisotopic (exact) mass is 314 g/mol. The van der Waals surface area contributed by atoms with E-state index in [0.29, 0.717) is 24.9 Å². The highest BCUT2D eigenvalue weighted by atomic mass is 16.5. The molecule has 1 aliphatic rings. The number of piperazine rings is 1. The SMILES string of the molecule is CC(C)(C)C(=O)N1CCN(c2noc(-c3ccccc3)n2)CC1. The van der Waals surface area contributed by atoms with Crippen LogP contribution in [0.3, 0.4) is 0 Å². The van der Waals surface area contributed by atoms with Gasteiger partial charge in [-0.2, -0.15) is 4.98 Å². The topological polar surface area (TPSA) is 62.5 Å². The molecule has 0 bridgehead atoms. The first-order valence-corrected chi connectivity index (χ1v) is 7.88. The second-order valence-electron chi connectivity index (χ2n) is 6.79. The highest BCUT2D eigenvalue weighted by Crippen LogP contribution is 2.22. The molecule has 2 aromatic rings. The molecule has 1 saturated heterocycles. The van der Waals surface area contributed by atoms with Crippen LogP contribution < -0.4 is 4.90 Å². The van der Waals surface area contributed by atoms with Gasteiger partial charge in [0.25, 0.3) is 11.8 Å². The van der Waals surface area contributed by atoms with Crippen LogP contribution in [0.5, 0.6) is 0 Å². The molecule has 2 heterocycles. The van der Waals surface area contributed by atoms with E-state index in [9.17, 15) is 4.79 Å². The molecular formula is C17H22N4O2. The molecule has 0 spiro atoms. The van der Waals surface area contributed by atoms with Crippen molar-refractivity contribution in [1.82, 2.24) is 15.0 Å². The highest BCUT2D eigenvalue weighted by molar-refractivity contribution is 5.81. The highest BCUT2D eigenvalue weighted by Gasteiger charge is 2.30. The number of carbonyl (C=O) groups is 1. The molecule has 0 atom stereocenters. The van der Waals surface area contributed by atoms with E-state index in [4.69, 9.17) is 4.52 Å². The molecule has 23 heavy (non-hydrogen) atoms. The van der Waals surface area contributed by atoms with E-state index >= 15 is 0 Å². The molecule has 6 heteroatoms. The maximum absolute atomic E-state index is 12.3. The molecule has 0 aliphatic carbocycles. The Kier molecular flexibility index (Phi) is 4.07. The fraction of sp³-hybridized carbons (Fsp3) is 0.471. The quantitative estimate of drug-likeness (QED) is 0.852. The van der Waals surface area contributed by atoms with Crippen LogP contribution in [0.15, 0.2) is 34.9 Å². The van der Waals surface area contributed by atoms with E-state index in [-0.39, 0.29) is 11.3 Å². The summed E-state index contributed by atoms with van der Waals surface area (Å²) in [5.41, 5.74) is 0.571. The molecule has 1 aromatic heterocycles. The average molecular weight is 314 g/mol. The molecule has 1 aliphatic heterocycles. The predicted molar refractivity (Wildman–Crippen MR) is 88.0 cm³/mol. The van der Waals surface area contributed by atoms with Crippen molar-refractivity contribution in [3.8, 4) is 11.5 Å². The molecular weight excluding hydrogens is 292 g/mol. The zero-order chi connectivity index (χ0) is 16.4. The molecule has 6 nitrogen and oxygen atoms in total. The van der Waals surface area contributed by atoms with Crippen molar-refractivity contribution in [3.05, 3.63) is 30.3 Å². The van der Waals surface area contributed by atoms with Gasteiger partial charge in [-0.05, 0) is 17.3 Å². The largest absolute Gasteiger partial charge is 0.339 e. The minimum atomic E-state index is -0.339. The van der Waals surface area contributed by atoms with Crippen molar-refractivity contribution in [2.24, 2.45) is 5.41 Å². The van der Waals surface area contributed by atoms with Gasteiger partial charge in [0.05, 0.1) is 0 Å². The Morgan fingerprint density at radius 1 is 1.09 bits per heavy atom. The number of aromatic nitrogens is 2. The lowest BCUT2D eigenvalue weighted by molar-refractivity contribution is -0.139. The fourth-order valence-corrected chi connectivity index (χ4v) is 2.63. The van der Waals surface area contributed by atoms with Crippen molar-refractivity contribution in [2.45, 2.75) is 20.8 Å². The summed E-state index contributed by atoms with van der Waals surface area (Å²) in [4.78, 5) is 20.7. The van der Waals surface area contributed by atoms with Crippen molar-refractivity contribution < 1.29 is 9.32 Å². The van der Waals surface area contributed by atoms with Crippen LogP contribution in [0.2, 0.25) is 0 Å². The molecule has 3 rings (SSSR count). The van der Waals surface area contributed by atoms with Gasteiger partial charge in [-0.15, -0.1) is 0 Å². The molecule has 122 valence electrons. The maximum Gasteiger partial charge on any atom is 0.266 e. The summed E-state index contributed by atoms with van der Waals surface area (Å²) < 4.78 is 5.35. The molecule has 0 unspecified atom stereocenters. The fourth-order valence-electron chi connectivity index (χ4n) is 2.63. The zero-order valence-corrected chi connectivity index (χ0v) is 13.8. The third-order valence-corrected chi connectivity index (χ3v) is 3.93. The summed E-state index contributed by atoms with van der Waals surface area (Å²) in [6, 6.07) is 9.72. The molecule has 1 fully saturated rings. The Hall–Kier alpha value is -2.37. The van der Waals surface area contributed by atoms with Gasteiger partial charge in [0.1, 0.15) is 0 Å². The maximum atomic E-state index is 12.3. The lowest BCUT2D eigenvalue weighted by Crippen LogP contribution is -2.51. The van der Waals surface area contributed by atoms with Crippen LogP contribution in [-0.2, 0) is 4.79 Å². The summed E-state index contributed by atoms with van der Waals surface area (Å²) >= 11 is 0. The number of anilines is 1. The van der Waals surface area contributed by atoms with Crippen LogP contribution in [0.1, 0.15) is 20.8 Å². The number of benzene rings is 1. The van der Waals surface area contributed by atoms with E-state index < -0.39 is 0 Å². The Morgan fingerprint density at radius 2 is 1.74 bits per heavy atom. The molecule has 1 aromatic carbocycles. The van der Waals surface area contributed by atoms with E-state index in [0.717, 1.165) is 18.7 Å². The molecule has 1 amide bonds.